The molecule has 3 rings (SSSR count). The van der Waals surface area contributed by atoms with Crippen LogP contribution in [0.1, 0.15) is 16.1 Å². The van der Waals surface area contributed by atoms with Gasteiger partial charge in [0.1, 0.15) is 11.4 Å². The van der Waals surface area contributed by atoms with Crippen molar-refractivity contribution in [3.63, 3.8) is 0 Å². The molecule has 4 nitrogen and oxygen atoms in total. The summed E-state index contributed by atoms with van der Waals surface area (Å²) < 4.78 is 10.1. The second kappa shape index (κ2) is 3.27. The number of nitrogens with one attached hydrogen (secondary N) is 1. The molecule has 0 atom stereocenters. The average Bonchev–Trinajstić information content (AvgIpc) is 2.89. The summed E-state index contributed by atoms with van der Waals surface area (Å²) in [5.41, 5.74) is 2.61. The summed E-state index contributed by atoms with van der Waals surface area (Å²) in [5.74, 6) is 0.570. The lowest BCUT2D eigenvalue weighted by atomic mass is 10.1. The third kappa shape index (κ3) is 1.26. The van der Waals surface area contributed by atoms with E-state index >= 15 is 0 Å². The van der Waals surface area contributed by atoms with Gasteiger partial charge in [-0.3, -0.25) is 0 Å². The highest BCUT2D eigenvalue weighted by Gasteiger charge is 2.16. The number of aromatic nitrogens is 1. The van der Waals surface area contributed by atoms with Crippen LogP contribution in [-0.4, -0.2) is 24.7 Å². The van der Waals surface area contributed by atoms with E-state index in [-0.39, 0.29) is 5.97 Å². The fraction of sp³-hybridized carbons (Fsp3) is 0.250. The number of H-pyrrole nitrogens is 1. The van der Waals surface area contributed by atoms with Crippen LogP contribution in [0.5, 0.6) is 5.75 Å². The normalized spacial score (nSPS) is 13.6. The molecule has 1 aliphatic rings. The summed E-state index contributed by atoms with van der Waals surface area (Å²) in [4.78, 5) is 14.4. The Balaban J connectivity index is 2.15. The molecule has 0 unspecified atom stereocenters. The molecule has 0 radical (unpaired) electrons. The van der Waals surface area contributed by atoms with Crippen molar-refractivity contribution < 1.29 is 14.3 Å². The van der Waals surface area contributed by atoms with Crippen molar-refractivity contribution in [1.29, 1.82) is 0 Å². The first-order chi connectivity index (χ1) is 7.78. The molecule has 1 aromatic carbocycles. The highest BCUT2D eigenvalue weighted by molar-refractivity contribution is 5.95. The fourth-order valence-corrected chi connectivity index (χ4v) is 2.03. The topological polar surface area (TPSA) is 51.3 Å². The van der Waals surface area contributed by atoms with Crippen LogP contribution in [0, 0.1) is 0 Å². The van der Waals surface area contributed by atoms with Crippen LogP contribution in [0.2, 0.25) is 0 Å². The Kier molecular flexibility index (Phi) is 1.89. The van der Waals surface area contributed by atoms with E-state index in [0.717, 1.165) is 29.7 Å². The lowest BCUT2D eigenvalue weighted by Crippen LogP contribution is -2.00. The molecule has 2 heterocycles. The first-order valence-electron chi connectivity index (χ1n) is 5.14. The molecule has 0 saturated carbocycles. The lowest BCUT2D eigenvalue weighted by molar-refractivity contribution is 0.0595. The summed E-state index contributed by atoms with van der Waals surface area (Å²) in [6, 6.07) is 5.77. The molecule has 0 aliphatic carbocycles. The van der Waals surface area contributed by atoms with E-state index in [1.165, 1.54) is 12.7 Å². The van der Waals surface area contributed by atoms with Crippen molar-refractivity contribution in [2.45, 2.75) is 6.42 Å². The number of hydrogen-bond donors (Lipinski definition) is 1. The summed E-state index contributed by atoms with van der Waals surface area (Å²) >= 11 is 0. The molecule has 0 amide bonds. The summed E-state index contributed by atoms with van der Waals surface area (Å²) in [6.45, 7) is 0.742. The van der Waals surface area contributed by atoms with Crippen LogP contribution in [0.15, 0.2) is 18.2 Å². The number of aromatic amines is 1. The van der Waals surface area contributed by atoms with Crippen LogP contribution < -0.4 is 4.74 Å². The quantitative estimate of drug-likeness (QED) is 0.742. The van der Waals surface area contributed by atoms with E-state index in [9.17, 15) is 4.79 Å². The minimum Gasteiger partial charge on any atom is -0.493 e. The van der Waals surface area contributed by atoms with Gasteiger partial charge in [-0.05, 0) is 23.8 Å². The van der Waals surface area contributed by atoms with Crippen molar-refractivity contribution in [1.82, 2.24) is 4.98 Å². The van der Waals surface area contributed by atoms with Gasteiger partial charge in [0.2, 0.25) is 0 Å². The molecule has 0 spiro atoms. The molecule has 82 valence electrons. The molecular formula is C12H11NO3. The number of fused-ring (bicyclic) bond motifs is 2. The molecule has 0 fully saturated rings. The van der Waals surface area contributed by atoms with Crippen molar-refractivity contribution in [3.8, 4) is 5.75 Å². The molecule has 1 aromatic heterocycles. The van der Waals surface area contributed by atoms with E-state index < -0.39 is 0 Å². The van der Waals surface area contributed by atoms with Crippen LogP contribution in [0.25, 0.3) is 10.9 Å². The lowest BCUT2D eigenvalue weighted by Gasteiger charge is -1.97. The number of hydrogen-bond acceptors (Lipinski definition) is 3. The third-order valence-corrected chi connectivity index (χ3v) is 2.84. The zero-order valence-electron chi connectivity index (χ0n) is 8.87. The summed E-state index contributed by atoms with van der Waals surface area (Å²) in [5, 5.41) is 0.973. The van der Waals surface area contributed by atoms with E-state index in [4.69, 9.17) is 4.74 Å². The minimum absolute atomic E-state index is 0.350. The number of benzene rings is 1. The second-order valence-electron chi connectivity index (χ2n) is 3.82. The molecule has 4 heteroatoms. The largest absolute Gasteiger partial charge is 0.493 e. The maximum atomic E-state index is 11.4. The van der Waals surface area contributed by atoms with Gasteiger partial charge >= 0.3 is 5.97 Å². The van der Waals surface area contributed by atoms with Gasteiger partial charge in [0.15, 0.2) is 0 Å². The molecule has 1 N–H and O–H groups in total. The van der Waals surface area contributed by atoms with E-state index in [1.54, 1.807) is 6.07 Å². The highest BCUT2D eigenvalue weighted by atomic mass is 16.5. The number of esters is 1. The van der Waals surface area contributed by atoms with Gasteiger partial charge in [0, 0.05) is 17.3 Å². The van der Waals surface area contributed by atoms with Gasteiger partial charge in [0.25, 0.3) is 0 Å². The van der Waals surface area contributed by atoms with Crippen molar-refractivity contribution in [2.75, 3.05) is 13.7 Å². The van der Waals surface area contributed by atoms with Gasteiger partial charge in [-0.2, -0.15) is 0 Å². The Morgan fingerprint density at radius 3 is 3.12 bits per heavy atom. The van der Waals surface area contributed by atoms with Crippen LogP contribution in [0.4, 0.5) is 0 Å². The molecule has 0 bridgehead atoms. The van der Waals surface area contributed by atoms with Gasteiger partial charge in [-0.1, -0.05) is 0 Å². The number of carbonyl (C=O) groups is 1. The molecule has 1 aliphatic heterocycles. The number of carbonyl (C=O) groups excluding carboxylic acids is 1. The number of methoxy groups -OCH3 is 1. The van der Waals surface area contributed by atoms with Gasteiger partial charge in [-0.15, -0.1) is 0 Å². The predicted octanol–water partition coefficient (Wildman–Crippen LogP) is 1.89. The van der Waals surface area contributed by atoms with Crippen molar-refractivity contribution >= 4 is 16.9 Å². The first kappa shape index (κ1) is 9.27. The Labute approximate surface area is 92.2 Å². The van der Waals surface area contributed by atoms with Gasteiger partial charge in [-0.25, -0.2) is 4.79 Å². The van der Waals surface area contributed by atoms with Gasteiger partial charge < -0.3 is 14.5 Å². The Morgan fingerprint density at radius 2 is 2.31 bits per heavy atom. The average molecular weight is 217 g/mol. The fourth-order valence-electron chi connectivity index (χ4n) is 2.03. The van der Waals surface area contributed by atoms with Crippen molar-refractivity contribution in [3.05, 3.63) is 29.5 Å². The maximum absolute atomic E-state index is 11.4. The predicted molar refractivity (Wildman–Crippen MR) is 58.8 cm³/mol. The molecule has 16 heavy (non-hydrogen) atoms. The third-order valence-electron chi connectivity index (χ3n) is 2.84. The van der Waals surface area contributed by atoms with Crippen molar-refractivity contribution in [2.24, 2.45) is 0 Å². The van der Waals surface area contributed by atoms with E-state index in [2.05, 4.69) is 9.72 Å². The second-order valence-corrected chi connectivity index (χ2v) is 3.82. The first-order valence-corrected chi connectivity index (χ1v) is 5.14. The van der Waals surface area contributed by atoms with E-state index in [0.29, 0.717) is 5.69 Å². The summed E-state index contributed by atoms with van der Waals surface area (Å²) in [6.07, 6.45) is 0.928. The number of rotatable bonds is 1. The Bertz CT molecular complexity index is 530. The maximum Gasteiger partial charge on any atom is 0.354 e. The Morgan fingerprint density at radius 1 is 1.44 bits per heavy atom. The summed E-state index contributed by atoms with van der Waals surface area (Å²) in [7, 11) is 1.37. The Hall–Kier alpha value is -1.97. The smallest absolute Gasteiger partial charge is 0.354 e. The van der Waals surface area contributed by atoms with E-state index in [1.807, 2.05) is 12.1 Å². The van der Waals surface area contributed by atoms with Gasteiger partial charge in [0.05, 0.1) is 13.7 Å². The van der Waals surface area contributed by atoms with Crippen LogP contribution in [-0.2, 0) is 11.2 Å². The SMILES string of the molecule is COC(=O)c1cc2cc3c(cc2[nH]1)CCO3. The number of ether oxygens (including phenoxy) is 2. The highest BCUT2D eigenvalue weighted by Crippen LogP contribution is 2.30. The minimum atomic E-state index is -0.350. The zero-order valence-corrected chi connectivity index (χ0v) is 8.87. The standard InChI is InChI=1S/C12H11NO3/c1-15-12(14)10-5-8-6-11-7(2-3-16-11)4-9(8)13-10/h4-6,13H,2-3H2,1H3. The molecule has 0 saturated heterocycles. The molecular weight excluding hydrogens is 206 g/mol. The monoisotopic (exact) mass is 217 g/mol. The molecule has 2 aromatic rings. The van der Waals surface area contributed by atoms with Crippen LogP contribution in [0.3, 0.4) is 0 Å². The zero-order chi connectivity index (χ0) is 11.1. The van der Waals surface area contributed by atoms with Crippen LogP contribution >= 0.6 is 0 Å².